The molecule has 0 radical (unpaired) electrons. The Balaban J connectivity index is 2.64. The first-order valence-electron chi connectivity index (χ1n) is 4.50. The van der Waals surface area contributed by atoms with Crippen molar-refractivity contribution in [2.75, 3.05) is 0 Å². The van der Waals surface area contributed by atoms with Gasteiger partial charge in [0.15, 0.2) is 0 Å². The minimum Gasteiger partial charge on any atom is -0.343 e. The van der Waals surface area contributed by atoms with Crippen LogP contribution in [0.4, 0.5) is 4.39 Å². The number of nitrogens with zero attached hydrogens (tertiary/aromatic N) is 1. The van der Waals surface area contributed by atoms with Crippen molar-refractivity contribution in [3.63, 3.8) is 0 Å². The standard InChI is InChI=1S/C11H9FN2S/c1-7-13-10(6-11(15)14-7)8-4-2-3-5-9(8)12/h2-6H,1H3,(H,13,14,15). The van der Waals surface area contributed by atoms with Crippen LogP contribution < -0.4 is 0 Å². The summed E-state index contributed by atoms with van der Waals surface area (Å²) in [6.45, 7) is 1.79. The van der Waals surface area contributed by atoms with Crippen molar-refractivity contribution in [2.24, 2.45) is 0 Å². The molecule has 0 amide bonds. The summed E-state index contributed by atoms with van der Waals surface area (Å²) in [6.07, 6.45) is 0. The highest BCUT2D eigenvalue weighted by Gasteiger charge is 2.04. The summed E-state index contributed by atoms with van der Waals surface area (Å²) < 4.78 is 13.9. The molecule has 1 aromatic heterocycles. The van der Waals surface area contributed by atoms with Gasteiger partial charge in [-0.2, -0.15) is 0 Å². The van der Waals surface area contributed by atoms with Crippen molar-refractivity contribution < 1.29 is 4.39 Å². The number of aromatic amines is 1. The van der Waals surface area contributed by atoms with Crippen molar-refractivity contribution in [3.8, 4) is 11.3 Å². The van der Waals surface area contributed by atoms with E-state index < -0.39 is 0 Å². The van der Waals surface area contributed by atoms with Crippen LogP contribution >= 0.6 is 12.2 Å². The predicted molar refractivity (Wildman–Crippen MR) is 59.6 cm³/mol. The first-order chi connectivity index (χ1) is 7.16. The van der Waals surface area contributed by atoms with Gasteiger partial charge in [-0.25, -0.2) is 9.37 Å². The fourth-order valence-electron chi connectivity index (χ4n) is 1.40. The van der Waals surface area contributed by atoms with Gasteiger partial charge in [0.05, 0.1) is 5.69 Å². The number of H-pyrrole nitrogens is 1. The summed E-state index contributed by atoms with van der Waals surface area (Å²) in [7, 11) is 0. The van der Waals surface area contributed by atoms with Crippen LogP contribution in [0.1, 0.15) is 5.82 Å². The highest BCUT2D eigenvalue weighted by Crippen LogP contribution is 2.19. The van der Waals surface area contributed by atoms with E-state index in [1.807, 2.05) is 0 Å². The summed E-state index contributed by atoms with van der Waals surface area (Å²) in [6, 6.07) is 8.21. The molecular formula is C11H9FN2S. The molecule has 2 aromatic rings. The molecule has 15 heavy (non-hydrogen) atoms. The second kappa shape index (κ2) is 3.90. The summed E-state index contributed by atoms with van der Waals surface area (Å²) in [5.74, 6) is 0.412. The molecule has 1 N–H and O–H groups in total. The second-order valence-electron chi connectivity index (χ2n) is 3.20. The highest BCUT2D eigenvalue weighted by molar-refractivity contribution is 7.71. The van der Waals surface area contributed by atoms with Gasteiger partial charge in [-0.1, -0.05) is 24.4 Å². The summed E-state index contributed by atoms with van der Waals surface area (Å²) in [5.41, 5.74) is 1.17. The Morgan fingerprint density at radius 3 is 2.73 bits per heavy atom. The van der Waals surface area contributed by atoms with Crippen LogP contribution in [0.25, 0.3) is 11.3 Å². The molecule has 0 aliphatic rings. The van der Waals surface area contributed by atoms with Crippen molar-refractivity contribution in [2.45, 2.75) is 6.92 Å². The zero-order valence-electron chi connectivity index (χ0n) is 8.12. The molecule has 0 aliphatic carbocycles. The van der Waals surface area contributed by atoms with E-state index in [0.29, 0.717) is 21.7 Å². The minimum atomic E-state index is -0.270. The van der Waals surface area contributed by atoms with Crippen LogP contribution in [0.15, 0.2) is 30.3 Å². The van der Waals surface area contributed by atoms with Crippen molar-refractivity contribution in [3.05, 3.63) is 46.6 Å². The van der Waals surface area contributed by atoms with Gasteiger partial charge in [0.2, 0.25) is 0 Å². The van der Waals surface area contributed by atoms with E-state index in [-0.39, 0.29) is 5.82 Å². The number of rotatable bonds is 1. The number of hydrogen-bond donors (Lipinski definition) is 1. The number of nitrogens with one attached hydrogen (secondary N) is 1. The van der Waals surface area contributed by atoms with Gasteiger partial charge in [0, 0.05) is 5.56 Å². The molecule has 0 aliphatic heterocycles. The van der Waals surface area contributed by atoms with E-state index in [0.717, 1.165) is 0 Å². The van der Waals surface area contributed by atoms with Gasteiger partial charge in [-0.3, -0.25) is 0 Å². The molecule has 2 nitrogen and oxygen atoms in total. The van der Waals surface area contributed by atoms with Crippen molar-refractivity contribution in [1.29, 1.82) is 0 Å². The maximum Gasteiger partial charge on any atom is 0.132 e. The van der Waals surface area contributed by atoms with E-state index in [9.17, 15) is 4.39 Å². The van der Waals surface area contributed by atoms with Gasteiger partial charge < -0.3 is 4.98 Å². The maximum atomic E-state index is 13.5. The van der Waals surface area contributed by atoms with E-state index in [2.05, 4.69) is 9.97 Å². The molecule has 1 aromatic carbocycles. The summed E-state index contributed by atoms with van der Waals surface area (Å²) in [5, 5.41) is 0. The lowest BCUT2D eigenvalue weighted by molar-refractivity contribution is 0.630. The van der Waals surface area contributed by atoms with Crippen LogP contribution in [-0.4, -0.2) is 9.97 Å². The summed E-state index contributed by atoms with van der Waals surface area (Å²) in [4.78, 5) is 7.01. The van der Waals surface area contributed by atoms with Gasteiger partial charge >= 0.3 is 0 Å². The van der Waals surface area contributed by atoms with Gasteiger partial charge in [0.25, 0.3) is 0 Å². The van der Waals surface area contributed by atoms with Crippen LogP contribution in [0.3, 0.4) is 0 Å². The van der Waals surface area contributed by atoms with Crippen LogP contribution in [-0.2, 0) is 0 Å². The first-order valence-corrected chi connectivity index (χ1v) is 4.90. The maximum absolute atomic E-state index is 13.5. The summed E-state index contributed by atoms with van der Waals surface area (Å²) >= 11 is 4.98. The fraction of sp³-hybridized carbons (Fsp3) is 0.0909. The molecule has 0 saturated carbocycles. The lowest BCUT2D eigenvalue weighted by atomic mass is 10.1. The van der Waals surface area contributed by atoms with E-state index in [4.69, 9.17) is 12.2 Å². The molecule has 4 heteroatoms. The van der Waals surface area contributed by atoms with E-state index in [1.54, 1.807) is 31.2 Å². The normalized spacial score (nSPS) is 10.3. The zero-order valence-corrected chi connectivity index (χ0v) is 8.94. The quantitative estimate of drug-likeness (QED) is 0.747. The molecule has 0 unspecified atom stereocenters. The average molecular weight is 220 g/mol. The van der Waals surface area contributed by atoms with Crippen molar-refractivity contribution in [1.82, 2.24) is 9.97 Å². The van der Waals surface area contributed by atoms with Crippen molar-refractivity contribution >= 4 is 12.2 Å². The number of aryl methyl sites for hydroxylation is 1. The Labute approximate surface area is 91.8 Å². The third-order valence-corrected chi connectivity index (χ3v) is 2.23. The lowest BCUT2D eigenvalue weighted by Crippen LogP contribution is -1.93. The Morgan fingerprint density at radius 2 is 2.07 bits per heavy atom. The lowest BCUT2D eigenvalue weighted by Gasteiger charge is -2.04. The Bertz CT molecular complexity index is 548. The monoisotopic (exact) mass is 220 g/mol. The highest BCUT2D eigenvalue weighted by atomic mass is 32.1. The van der Waals surface area contributed by atoms with E-state index in [1.165, 1.54) is 6.07 Å². The molecule has 0 bridgehead atoms. The SMILES string of the molecule is Cc1nc(=S)cc(-c2ccccc2F)[nH]1. The van der Waals surface area contributed by atoms with Gasteiger partial charge in [0.1, 0.15) is 16.3 Å². The largest absolute Gasteiger partial charge is 0.343 e. The molecule has 0 atom stereocenters. The smallest absolute Gasteiger partial charge is 0.132 e. The number of hydrogen-bond acceptors (Lipinski definition) is 2. The van der Waals surface area contributed by atoms with Gasteiger partial charge in [-0.15, -0.1) is 0 Å². The molecule has 76 valence electrons. The van der Waals surface area contributed by atoms with Gasteiger partial charge in [-0.05, 0) is 25.1 Å². The molecule has 0 saturated heterocycles. The van der Waals surface area contributed by atoms with Crippen LogP contribution in [0.5, 0.6) is 0 Å². The third-order valence-electron chi connectivity index (χ3n) is 2.03. The van der Waals surface area contributed by atoms with Crippen LogP contribution in [0, 0.1) is 17.4 Å². The number of aromatic nitrogens is 2. The molecule has 2 rings (SSSR count). The molecular weight excluding hydrogens is 211 g/mol. The zero-order chi connectivity index (χ0) is 10.8. The topological polar surface area (TPSA) is 28.7 Å². The predicted octanol–water partition coefficient (Wildman–Crippen LogP) is 3.25. The average Bonchev–Trinajstić information content (AvgIpc) is 2.16. The number of halogens is 1. The molecule has 1 heterocycles. The second-order valence-corrected chi connectivity index (χ2v) is 3.62. The third kappa shape index (κ3) is 2.10. The Kier molecular flexibility index (Phi) is 2.60. The molecule has 0 fully saturated rings. The number of benzene rings is 1. The fourth-order valence-corrected chi connectivity index (χ4v) is 1.66. The molecule has 0 spiro atoms. The van der Waals surface area contributed by atoms with Crippen LogP contribution in [0.2, 0.25) is 0 Å². The first kappa shape index (κ1) is 9.98. The van der Waals surface area contributed by atoms with E-state index >= 15 is 0 Å². The Hall–Kier alpha value is -1.55. The minimum absolute atomic E-state index is 0.270. The Morgan fingerprint density at radius 1 is 1.33 bits per heavy atom.